The maximum atomic E-state index is 13.7. The van der Waals surface area contributed by atoms with Crippen molar-refractivity contribution >= 4 is 38.2 Å². The van der Waals surface area contributed by atoms with Crippen molar-refractivity contribution < 1.29 is 13.2 Å². The molecule has 3 aromatic carbocycles. The highest BCUT2D eigenvalue weighted by Gasteiger charge is 2.39. The van der Waals surface area contributed by atoms with Crippen LogP contribution in [-0.4, -0.2) is 30.1 Å². The van der Waals surface area contributed by atoms with Gasteiger partial charge in [0, 0.05) is 23.4 Å². The van der Waals surface area contributed by atoms with Gasteiger partial charge in [-0.2, -0.15) is 17.9 Å². The maximum Gasteiger partial charge on any atom is 0.279 e. The van der Waals surface area contributed by atoms with Gasteiger partial charge in [0.15, 0.2) is 0 Å². The van der Waals surface area contributed by atoms with Crippen LogP contribution in [0.2, 0.25) is 5.15 Å². The fourth-order valence-corrected chi connectivity index (χ4v) is 5.91. The van der Waals surface area contributed by atoms with Gasteiger partial charge < -0.3 is 4.74 Å². The lowest BCUT2D eigenvalue weighted by Gasteiger charge is -2.24. The third kappa shape index (κ3) is 4.49. The first-order chi connectivity index (χ1) is 16.9. The van der Waals surface area contributed by atoms with Crippen molar-refractivity contribution in [1.82, 2.24) is 9.40 Å². The molecule has 0 N–H and O–H groups in total. The lowest BCUT2D eigenvalue weighted by molar-refractivity contribution is 0.340. The largest absolute Gasteiger partial charge is 0.494 e. The zero-order valence-corrected chi connectivity index (χ0v) is 20.9. The number of hydrogen-bond donors (Lipinski definition) is 0. The number of aryl methyl sites for hydroxylation is 1. The van der Waals surface area contributed by atoms with Crippen LogP contribution in [0.1, 0.15) is 36.1 Å². The van der Waals surface area contributed by atoms with Gasteiger partial charge in [0.25, 0.3) is 10.0 Å². The molecule has 35 heavy (non-hydrogen) atoms. The van der Waals surface area contributed by atoms with Crippen LogP contribution in [0.25, 0.3) is 10.9 Å². The summed E-state index contributed by atoms with van der Waals surface area (Å²) in [5.74, 6) is 0.704. The van der Waals surface area contributed by atoms with Gasteiger partial charge in [-0.25, -0.2) is 4.98 Å². The van der Waals surface area contributed by atoms with Gasteiger partial charge in [0.05, 0.1) is 28.8 Å². The first kappa shape index (κ1) is 23.3. The number of hydrazone groups is 1. The molecule has 1 aliphatic heterocycles. The molecule has 0 saturated carbocycles. The summed E-state index contributed by atoms with van der Waals surface area (Å²) in [5.41, 5.74) is 3.95. The van der Waals surface area contributed by atoms with E-state index < -0.39 is 16.1 Å². The van der Waals surface area contributed by atoms with Gasteiger partial charge in [0.2, 0.25) is 0 Å². The lowest BCUT2D eigenvalue weighted by atomic mass is 9.98. The molecule has 1 aromatic heterocycles. The Bertz CT molecular complexity index is 1520. The van der Waals surface area contributed by atoms with Crippen LogP contribution in [0.4, 0.5) is 0 Å². The van der Waals surface area contributed by atoms with Crippen LogP contribution in [0.15, 0.2) is 88.9 Å². The summed E-state index contributed by atoms with van der Waals surface area (Å²) >= 11 is 6.66. The van der Waals surface area contributed by atoms with E-state index in [1.807, 2.05) is 62.4 Å². The van der Waals surface area contributed by atoms with Crippen molar-refractivity contribution in [2.24, 2.45) is 5.10 Å². The van der Waals surface area contributed by atoms with E-state index in [9.17, 15) is 8.42 Å². The molecule has 178 valence electrons. The molecule has 1 atom stereocenters. The first-order valence-corrected chi connectivity index (χ1v) is 13.2. The highest BCUT2D eigenvalue weighted by atomic mass is 35.5. The average Bonchev–Trinajstić information content (AvgIpc) is 3.31. The molecule has 0 saturated heterocycles. The molecular weight excluding hydrogens is 482 g/mol. The summed E-state index contributed by atoms with van der Waals surface area (Å²) in [6.07, 6.45) is 0.374. The molecule has 0 spiro atoms. The Morgan fingerprint density at radius 2 is 1.77 bits per heavy atom. The molecule has 0 amide bonds. The Kier molecular flexibility index (Phi) is 6.21. The van der Waals surface area contributed by atoms with Crippen molar-refractivity contribution in [2.75, 3.05) is 6.61 Å². The average molecular weight is 506 g/mol. The Hall–Kier alpha value is -3.42. The fraction of sp³-hybridized carbons (Fsp3) is 0.185. The molecule has 0 aliphatic carbocycles. The molecule has 0 radical (unpaired) electrons. The molecule has 2 heterocycles. The Morgan fingerprint density at radius 1 is 1.03 bits per heavy atom. The highest BCUT2D eigenvalue weighted by Crippen LogP contribution is 2.40. The molecule has 5 rings (SSSR count). The van der Waals surface area contributed by atoms with Crippen molar-refractivity contribution in [2.45, 2.75) is 31.2 Å². The van der Waals surface area contributed by atoms with Crippen LogP contribution in [0.5, 0.6) is 5.75 Å². The van der Waals surface area contributed by atoms with Crippen LogP contribution >= 0.6 is 11.6 Å². The van der Waals surface area contributed by atoms with Crippen LogP contribution < -0.4 is 4.74 Å². The highest BCUT2D eigenvalue weighted by molar-refractivity contribution is 7.89. The summed E-state index contributed by atoms with van der Waals surface area (Å²) in [6.45, 7) is 4.47. The predicted octanol–water partition coefficient (Wildman–Crippen LogP) is 6.14. The van der Waals surface area contributed by atoms with Crippen LogP contribution in [0, 0.1) is 6.92 Å². The number of halogens is 1. The number of sulfonamides is 1. The quantitative estimate of drug-likeness (QED) is 0.295. The lowest BCUT2D eigenvalue weighted by Crippen LogP contribution is -2.27. The zero-order valence-electron chi connectivity index (χ0n) is 19.3. The fourth-order valence-electron chi connectivity index (χ4n) is 4.19. The van der Waals surface area contributed by atoms with Gasteiger partial charge in [0.1, 0.15) is 10.9 Å². The van der Waals surface area contributed by atoms with E-state index in [1.54, 1.807) is 30.3 Å². The standard InChI is InChI=1S/C27H24ClN3O3S/c1-3-34-21-14-13-20-15-23(27(28)29-24(20)16-21)26-17-25(19-11-9-18(2)10-12-19)30-31(26)35(32,33)22-7-5-4-6-8-22/h4-16,26H,3,17H2,1-2H3/t26-/m0/s1. The van der Waals surface area contributed by atoms with Crippen LogP contribution in [0.3, 0.4) is 0 Å². The van der Waals surface area contributed by atoms with Crippen molar-refractivity contribution in [1.29, 1.82) is 0 Å². The number of rotatable bonds is 6. The summed E-state index contributed by atoms with van der Waals surface area (Å²) in [5, 5.41) is 5.69. The van der Waals surface area contributed by atoms with Crippen molar-refractivity contribution in [3.05, 3.63) is 101 Å². The number of hydrogen-bond acceptors (Lipinski definition) is 5. The summed E-state index contributed by atoms with van der Waals surface area (Å²) in [7, 11) is -3.93. The smallest absolute Gasteiger partial charge is 0.279 e. The van der Waals surface area contributed by atoms with E-state index in [4.69, 9.17) is 16.3 Å². The maximum absolute atomic E-state index is 13.7. The number of pyridine rings is 1. The Balaban J connectivity index is 1.62. The molecule has 8 heteroatoms. The third-order valence-electron chi connectivity index (χ3n) is 5.98. The molecule has 4 aromatic rings. The van der Waals surface area contributed by atoms with Crippen molar-refractivity contribution in [3.8, 4) is 5.75 Å². The minimum absolute atomic E-state index is 0.171. The van der Waals surface area contributed by atoms with E-state index in [0.717, 1.165) is 16.5 Å². The molecule has 6 nitrogen and oxygen atoms in total. The molecule has 0 unspecified atom stereocenters. The van der Waals surface area contributed by atoms with E-state index in [0.29, 0.717) is 35.6 Å². The molecule has 0 fully saturated rings. The number of aromatic nitrogens is 1. The van der Waals surface area contributed by atoms with Gasteiger partial charge in [-0.3, -0.25) is 0 Å². The monoisotopic (exact) mass is 505 g/mol. The van der Waals surface area contributed by atoms with Gasteiger partial charge >= 0.3 is 0 Å². The van der Waals surface area contributed by atoms with E-state index in [2.05, 4.69) is 10.1 Å². The summed E-state index contributed by atoms with van der Waals surface area (Å²) < 4.78 is 34.1. The first-order valence-electron chi connectivity index (χ1n) is 11.3. The molecular formula is C27H24ClN3O3S. The number of ether oxygens (including phenoxy) is 1. The number of fused-ring (bicyclic) bond motifs is 1. The second-order valence-corrected chi connectivity index (χ2v) is 10.5. The SMILES string of the molecule is CCOc1ccc2cc([C@@H]3CC(c4ccc(C)cc4)=NN3S(=O)(=O)c3ccccc3)c(Cl)nc2c1. The van der Waals surface area contributed by atoms with E-state index in [-0.39, 0.29) is 10.0 Å². The Labute approximate surface area is 209 Å². The predicted molar refractivity (Wildman–Crippen MR) is 138 cm³/mol. The Morgan fingerprint density at radius 3 is 2.49 bits per heavy atom. The van der Waals surface area contributed by atoms with E-state index in [1.165, 1.54) is 4.41 Å². The van der Waals surface area contributed by atoms with Crippen LogP contribution in [-0.2, 0) is 10.0 Å². The summed E-state index contributed by atoms with van der Waals surface area (Å²) in [4.78, 5) is 4.75. The normalized spacial score (nSPS) is 15.9. The van der Waals surface area contributed by atoms with Gasteiger partial charge in [-0.15, -0.1) is 0 Å². The van der Waals surface area contributed by atoms with E-state index >= 15 is 0 Å². The second kappa shape index (κ2) is 9.32. The second-order valence-electron chi connectivity index (χ2n) is 8.38. The zero-order chi connectivity index (χ0) is 24.6. The number of benzene rings is 3. The van der Waals surface area contributed by atoms with Crippen molar-refractivity contribution in [3.63, 3.8) is 0 Å². The third-order valence-corrected chi connectivity index (χ3v) is 7.98. The summed E-state index contributed by atoms with van der Waals surface area (Å²) in [6, 6.07) is 23.1. The topological polar surface area (TPSA) is 71.9 Å². The molecule has 0 bridgehead atoms. The minimum atomic E-state index is -3.93. The van der Waals surface area contributed by atoms with Gasteiger partial charge in [-0.05, 0) is 49.7 Å². The van der Waals surface area contributed by atoms with Gasteiger partial charge in [-0.1, -0.05) is 59.6 Å². The minimum Gasteiger partial charge on any atom is -0.494 e. The number of nitrogens with zero attached hydrogens (tertiary/aromatic N) is 3. The molecule has 1 aliphatic rings.